The molecule has 2 amide bonds. The van der Waals surface area contributed by atoms with Crippen molar-refractivity contribution in [2.45, 2.75) is 18.9 Å². The molecule has 1 aliphatic rings. The van der Waals surface area contributed by atoms with E-state index in [2.05, 4.69) is 5.32 Å². The van der Waals surface area contributed by atoms with Crippen LogP contribution in [0.5, 0.6) is 0 Å². The molecule has 0 radical (unpaired) electrons. The number of halogens is 1. The Balaban J connectivity index is 1.57. The average molecular weight is 374 g/mol. The molecule has 3 rings (SSSR count). The van der Waals surface area contributed by atoms with Crippen LogP contribution in [0.4, 0.5) is 11.4 Å². The molecule has 1 unspecified atom stereocenters. The van der Waals surface area contributed by atoms with Gasteiger partial charge in [-0.15, -0.1) is 0 Å². The number of rotatable bonds is 5. The van der Waals surface area contributed by atoms with Crippen molar-refractivity contribution >= 4 is 34.8 Å². The SMILES string of the molecule is O=C(Cc1ccc([N+](=O)[O-])cc1)NC1CC(=O)N(c2ccc(Cl)cc2)C1. The van der Waals surface area contributed by atoms with E-state index < -0.39 is 4.92 Å². The molecule has 0 spiro atoms. The van der Waals surface area contributed by atoms with Gasteiger partial charge in [-0.25, -0.2) is 0 Å². The summed E-state index contributed by atoms with van der Waals surface area (Å²) in [4.78, 5) is 36.2. The monoisotopic (exact) mass is 373 g/mol. The van der Waals surface area contributed by atoms with Crippen molar-refractivity contribution < 1.29 is 14.5 Å². The van der Waals surface area contributed by atoms with Crippen molar-refractivity contribution in [3.05, 3.63) is 69.2 Å². The van der Waals surface area contributed by atoms with Gasteiger partial charge in [0.2, 0.25) is 11.8 Å². The summed E-state index contributed by atoms with van der Waals surface area (Å²) < 4.78 is 0. The second kappa shape index (κ2) is 7.53. The first-order valence-corrected chi connectivity index (χ1v) is 8.39. The molecule has 26 heavy (non-hydrogen) atoms. The highest BCUT2D eigenvalue weighted by Crippen LogP contribution is 2.23. The second-order valence-electron chi connectivity index (χ2n) is 6.05. The van der Waals surface area contributed by atoms with Gasteiger partial charge in [0.15, 0.2) is 0 Å². The molecule has 2 aromatic carbocycles. The van der Waals surface area contributed by atoms with Crippen LogP contribution in [-0.4, -0.2) is 29.3 Å². The van der Waals surface area contributed by atoms with Crippen molar-refractivity contribution in [1.29, 1.82) is 0 Å². The number of benzene rings is 2. The third kappa shape index (κ3) is 4.18. The largest absolute Gasteiger partial charge is 0.351 e. The Morgan fingerprint density at radius 3 is 2.46 bits per heavy atom. The highest BCUT2D eigenvalue weighted by atomic mass is 35.5. The first kappa shape index (κ1) is 17.9. The zero-order chi connectivity index (χ0) is 18.7. The molecule has 1 saturated heterocycles. The molecule has 1 fully saturated rings. The van der Waals surface area contributed by atoms with E-state index in [9.17, 15) is 19.7 Å². The van der Waals surface area contributed by atoms with Crippen LogP contribution in [0.2, 0.25) is 5.02 Å². The fourth-order valence-electron chi connectivity index (χ4n) is 2.87. The summed E-state index contributed by atoms with van der Waals surface area (Å²) in [5.41, 5.74) is 1.40. The van der Waals surface area contributed by atoms with Gasteiger partial charge in [-0.3, -0.25) is 19.7 Å². The van der Waals surface area contributed by atoms with E-state index in [0.29, 0.717) is 17.1 Å². The third-order valence-corrected chi connectivity index (χ3v) is 4.39. The molecule has 1 N–H and O–H groups in total. The minimum absolute atomic E-state index is 0.0193. The van der Waals surface area contributed by atoms with Crippen LogP contribution >= 0.6 is 11.6 Å². The Bertz CT molecular complexity index is 837. The predicted octanol–water partition coefficient (Wildman–Crippen LogP) is 2.71. The average Bonchev–Trinajstić information content (AvgIpc) is 2.96. The van der Waals surface area contributed by atoms with Gasteiger partial charge in [0.05, 0.1) is 17.4 Å². The molecule has 8 heteroatoms. The van der Waals surface area contributed by atoms with Crippen molar-refractivity contribution in [2.24, 2.45) is 0 Å². The number of amides is 2. The fourth-order valence-corrected chi connectivity index (χ4v) is 3.00. The number of carbonyl (C=O) groups is 2. The number of nitro benzene ring substituents is 1. The van der Waals surface area contributed by atoms with Gasteiger partial charge < -0.3 is 10.2 Å². The maximum atomic E-state index is 12.2. The van der Waals surface area contributed by atoms with Crippen molar-refractivity contribution in [1.82, 2.24) is 5.32 Å². The smallest absolute Gasteiger partial charge is 0.269 e. The molecular weight excluding hydrogens is 358 g/mol. The van der Waals surface area contributed by atoms with E-state index in [1.807, 2.05) is 0 Å². The van der Waals surface area contributed by atoms with Crippen molar-refractivity contribution in [3.8, 4) is 0 Å². The van der Waals surface area contributed by atoms with Gasteiger partial charge in [0.1, 0.15) is 0 Å². The van der Waals surface area contributed by atoms with Gasteiger partial charge in [-0.1, -0.05) is 23.7 Å². The van der Waals surface area contributed by atoms with Gasteiger partial charge in [0.25, 0.3) is 5.69 Å². The van der Waals surface area contributed by atoms with Gasteiger partial charge in [-0.05, 0) is 29.8 Å². The van der Waals surface area contributed by atoms with Crippen LogP contribution in [0.3, 0.4) is 0 Å². The van der Waals surface area contributed by atoms with Gasteiger partial charge >= 0.3 is 0 Å². The number of anilines is 1. The normalized spacial score (nSPS) is 16.6. The van der Waals surface area contributed by atoms with Gasteiger partial charge in [-0.2, -0.15) is 0 Å². The quantitative estimate of drug-likeness (QED) is 0.644. The van der Waals surface area contributed by atoms with Crippen LogP contribution in [-0.2, 0) is 16.0 Å². The molecule has 0 bridgehead atoms. The Kier molecular flexibility index (Phi) is 5.18. The summed E-state index contributed by atoms with van der Waals surface area (Å²) >= 11 is 5.86. The zero-order valence-corrected chi connectivity index (χ0v) is 14.5. The molecule has 2 aromatic rings. The minimum Gasteiger partial charge on any atom is -0.351 e. The third-order valence-electron chi connectivity index (χ3n) is 4.14. The van der Waals surface area contributed by atoms with E-state index in [1.54, 1.807) is 41.3 Å². The van der Waals surface area contributed by atoms with Gasteiger partial charge in [0, 0.05) is 35.8 Å². The Hall–Kier alpha value is -2.93. The lowest BCUT2D eigenvalue weighted by atomic mass is 10.1. The topological polar surface area (TPSA) is 92.5 Å². The Labute approximate surface area is 154 Å². The van der Waals surface area contributed by atoms with Crippen LogP contribution in [0.25, 0.3) is 0 Å². The molecular formula is C18H16ClN3O4. The molecule has 7 nitrogen and oxygen atoms in total. The number of non-ortho nitro benzene ring substituents is 1. The first-order valence-electron chi connectivity index (χ1n) is 8.01. The molecule has 1 heterocycles. The maximum absolute atomic E-state index is 12.2. The highest BCUT2D eigenvalue weighted by molar-refractivity contribution is 6.30. The highest BCUT2D eigenvalue weighted by Gasteiger charge is 2.31. The summed E-state index contributed by atoms with van der Waals surface area (Å²) in [7, 11) is 0. The summed E-state index contributed by atoms with van der Waals surface area (Å²) in [5.74, 6) is -0.289. The Morgan fingerprint density at radius 1 is 1.19 bits per heavy atom. The number of nitro groups is 1. The minimum atomic E-state index is -0.487. The second-order valence-corrected chi connectivity index (χ2v) is 6.49. The number of nitrogens with zero attached hydrogens (tertiary/aromatic N) is 2. The molecule has 134 valence electrons. The van der Waals surface area contributed by atoms with Crippen LogP contribution in [0, 0.1) is 10.1 Å². The number of carbonyl (C=O) groups excluding carboxylic acids is 2. The number of hydrogen-bond donors (Lipinski definition) is 1. The molecule has 1 atom stereocenters. The van der Waals surface area contributed by atoms with E-state index in [1.165, 1.54) is 12.1 Å². The van der Waals surface area contributed by atoms with Crippen molar-refractivity contribution in [2.75, 3.05) is 11.4 Å². The fraction of sp³-hybridized carbons (Fsp3) is 0.222. The first-order chi connectivity index (χ1) is 12.4. The van der Waals surface area contributed by atoms with E-state index in [-0.39, 0.29) is 36.4 Å². The van der Waals surface area contributed by atoms with Crippen molar-refractivity contribution in [3.63, 3.8) is 0 Å². The lowest BCUT2D eigenvalue weighted by Crippen LogP contribution is -2.38. The number of hydrogen-bond acceptors (Lipinski definition) is 4. The lowest BCUT2D eigenvalue weighted by Gasteiger charge is -2.17. The lowest BCUT2D eigenvalue weighted by molar-refractivity contribution is -0.384. The van der Waals surface area contributed by atoms with Crippen LogP contribution in [0.15, 0.2) is 48.5 Å². The zero-order valence-electron chi connectivity index (χ0n) is 13.7. The van der Waals surface area contributed by atoms with E-state index in [4.69, 9.17) is 11.6 Å². The van der Waals surface area contributed by atoms with E-state index in [0.717, 1.165) is 5.69 Å². The summed E-state index contributed by atoms with van der Waals surface area (Å²) in [6, 6.07) is 12.5. The van der Waals surface area contributed by atoms with Crippen LogP contribution < -0.4 is 10.2 Å². The molecule has 0 saturated carbocycles. The predicted molar refractivity (Wildman–Crippen MR) is 97.2 cm³/mol. The Morgan fingerprint density at radius 2 is 1.85 bits per heavy atom. The summed E-state index contributed by atoms with van der Waals surface area (Å²) in [6.45, 7) is 0.395. The maximum Gasteiger partial charge on any atom is 0.269 e. The number of nitrogens with one attached hydrogen (secondary N) is 1. The summed E-state index contributed by atoms with van der Waals surface area (Å²) in [5, 5.41) is 14.1. The molecule has 0 aromatic heterocycles. The summed E-state index contributed by atoms with van der Waals surface area (Å²) in [6.07, 6.45) is 0.332. The van der Waals surface area contributed by atoms with Crippen LogP contribution in [0.1, 0.15) is 12.0 Å². The molecule has 0 aliphatic carbocycles. The standard InChI is InChI=1S/C18H16ClN3O4/c19-13-3-7-15(8-4-13)21-11-14(10-18(21)24)20-17(23)9-12-1-5-16(6-2-12)22(25)26/h1-8,14H,9-11H2,(H,20,23). The van der Waals surface area contributed by atoms with E-state index >= 15 is 0 Å². The molecule has 1 aliphatic heterocycles.